The molecule has 1 fully saturated rings. The average Bonchev–Trinajstić information content (AvgIpc) is 2.71. The van der Waals surface area contributed by atoms with E-state index < -0.39 is 6.09 Å². The molecule has 0 spiro atoms. The Kier molecular flexibility index (Phi) is 6.78. The van der Waals surface area contributed by atoms with Crippen molar-refractivity contribution in [2.75, 3.05) is 25.0 Å². The molecule has 0 aliphatic carbocycles. The zero-order valence-electron chi connectivity index (χ0n) is 17.6. The number of piperazine rings is 1. The molecule has 1 aromatic heterocycles. The summed E-state index contributed by atoms with van der Waals surface area (Å²) in [5.74, 6) is -0.333. The van der Waals surface area contributed by atoms with E-state index >= 15 is 0 Å². The van der Waals surface area contributed by atoms with Crippen LogP contribution in [0.4, 0.5) is 10.5 Å². The smallest absolute Gasteiger partial charge is 0.407 e. The van der Waals surface area contributed by atoms with Crippen molar-refractivity contribution in [3.05, 3.63) is 57.4 Å². The first-order valence-electron chi connectivity index (χ1n) is 9.88. The number of nitrogens with zero attached hydrogens (tertiary/aromatic N) is 4. The minimum absolute atomic E-state index is 0.1000. The van der Waals surface area contributed by atoms with Gasteiger partial charge in [0.25, 0.3) is 5.91 Å². The van der Waals surface area contributed by atoms with E-state index in [1.165, 1.54) is 11.1 Å². The second-order valence-electron chi connectivity index (χ2n) is 7.75. The Balaban J connectivity index is 1.76. The Hall–Kier alpha value is -3.15. The molecule has 2 heterocycles. The number of rotatable bonds is 4. The lowest BCUT2D eigenvalue weighted by Crippen LogP contribution is -2.53. The van der Waals surface area contributed by atoms with E-state index in [1.807, 2.05) is 26.0 Å². The standard InChI is InChI=1S/C22H24ClN5O3/c1-13-6-16(10-25-20(13)9-24)21(29)26-19-8-18(23)7-17(15(19)3)12-27-4-5-28(22(30)31)14(2)11-27/h6-8,10,14H,4-5,11-12H2,1-3H3,(H,26,29)(H,30,31)/t14-/m0/s1. The van der Waals surface area contributed by atoms with Gasteiger partial charge in [-0.25, -0.2) is 9.78 Å². The maximum absolute atomic E-state index is 12.7. The van der Waals surface area contributed by atoms with E-state index in [-0.39, 0.29) is 17.6 Å². The number of carbonyl (C=O) groups is 2. The van der Waals surface area contributed by atoms with Crippen LogP contribution < -0.4 is 5.32 Å². The van der Waals surface area contributed by atoms with Crippen molar-refractivity contribution in [3.63, 3.8) is 0 Å². The average molecular weight is 442 g/mol. The van der Waals surface area contributed by atoms with Crippen molar-refractivity contribution >= 4 is 29.3 Å². The van der Waals surface area contributed by atoms with E-state index in [1.54, 1.807) is 19.1 Å². The summed E-state index contributed by atoms with van der Waals surface area (Å²) in [5.41, 5.74) is 3.74. The van der Waals surface area contributed by atoms with Gasteiger partial charge < -0.3 is 15.3 Å². The van der Waals surface area contributed by atoms with Crippen LogP contribution in [0.1, 0.15) is 39.7 Å². The van der Waals surface area contributed by atoms with E-state index in [0.29, 0.717) is 48.0 Å². The molecule has 2 N–H and O–H groups in total. The first-order valence-corrected chi connectivity index (χ1v) is 10.3. The van der Waals surface area contributed by atoms with Crippen LogP contribution in [-0.4, -0.2) is 57.6 Å². The number of hydrogen-bond donors (Lipinski definition) is 2. The number of aromatic nitrogens is 1. The van der Waals surface area contributed by atoms with Gasteiger partial charge in [-0.2, -0.15) is 5.26 Å². The minimum Gasteiger partial charge on any atom is -0.465 e. The van der Waals surface area contributed by atoms with Gasteiger partial charge >= 0.3 is 6.09 Å². The Morgan fingerprint density at radius 1 is 1.32 bits per heavy atom. The summed E-state index contributed by atoms with van der Waals surface area (Å²) in [6.07, 6.45) is 0.481. The molecule has 1 atom stereocenters. The Labute approximate surface area is 186 Å². The lowest BCUT2D eigenvalue weighted by Gasteiger charge is -2.38. The molecular formula is C22H24ClN5O3. The Bertz CT molecular complexity index is 1070. The van der Waals surface area contributed by atoms with Gasteiger partial charge in [0, 0.05) is 49.1 Å². The van der Waals surface area contributed by atoms with E-state index in [9.17, 15) is 14.7 Å². The zero-order chi connectivity index (χ0) is 22.7. The number of hydrogen-bond acceptors (Lipinski definition) is 5. The molecular weight excluding hydrogens is 418 g/mol. The van der Waals surface area contributed by atoms with Gasteiger partial charge in [0.15, 0.2) is 0 Å². The predicted octanol–water partition coefficient (Wildman–Crippen LogP) is 3.66. The van der Waals surface area contributed by atoms with Crippen molar-refractivity contribution in [2.24, 2.45) is 0 Å². The first kappa shape index (κ1) is 22.5. The van der Waals surface area contributed by atoms with Crippen LogP contribution in [0, 0.1) is 25.2 Å². The van der Waals surface area contributed by atoms with Gasteiger partial charge in [0.2, 0.25) is 0 Å². The highest BCUT2D eigenvalue weighted by molar-refractivity contribution is 6.31. The molecule has 0 radical (unpaired) electrons. The van der Waals surface area contributed by atoms with Crippen LogP contribution in [-0.2, 0) is 6.54 Å². The molecule has 162 valence electrons. The number of carbonyl (C=O) groups excluding carboxylic acids is 1. The molecule has 9 heteroatoms. The van der Waals surface area contributed by atoms with Gasteiger partial charge in [-0.3, -0.25) is 9.69 Å². The van der Waals surface area contributed by atoms with E-state index in [2.05, 4.69) is 15.2 Å². The fourth-order valence-corrected chi connectivity index (χ4v) is 3.98. The van der Waals surface area contributed by atoms with Gasteiger partial charge in [-0.05, 0) is 55.7 Å². The SMILES string of the molecule is Cc1cc(C(=O)Nc2cc(Cl)cc(CN3CCN(C(=O)O)[C@@H](C)C3)c2C)cnc1C#N. The summed E-state index contributed by atoms with van der Waals surface area (Å²) in [7, 11) is 0. The number of aryl methyl sites for hydroxylation is 1. The first-order chi connectivity index (χ1) is 14.7. The second kappa shape index (κ2) is 9.33. The Morgan fingerprint density at radius 3 is 2.68 bits per heavy atom. The van der Waals surface area contributed by atoms with E-state index in [0.717, 1.165) is 11.1 Å². The van der Waals surface area contributed by atoms with Crippen LogP contribution in [0.25, 0.3) is 0 Å². The lowest BCUT2D eigenvalue weighted by molar-refractivity contribution is 0.0710. The van der Waals surface area contributed by atoms with Gasteiger partial charge in [0.05, 0.1) is 5.56 Å². The molecule has 1 aliphatic heterocycles. The fourth-order valence-electron chi connectivity index (χ4n) is 3.74. The summed E-state index contributed by atoms with van der Waals surface area (Å²) in [5, 5.41) is 21.7. The van der Waals surface area contributed by atoms with E-state index in [4.69, 9.17) is 16.9 Å². The quantitative estimate of drug-likeness (QED) is 0.749. The van der Waals surface area contributed by atoms with Crippen LogP contribution >= 0.6 is 11.6 Å². The van der Waals surface area contributed by atoms with Crippen LogP contribution in [0.2, 0.25) is 5.02 Å². The summed E-state index contributed by atoms with van der Waals surface area (Å²) in [6, 6.07) is 7.09. The highest BCUT2D eigenvalue weighted by Gasteiger charge is 2.27. The molecule has 2 amide bonds. The number of anilines is 1. The summed E-state index contributed by atoms with van der Waals surface area (Å²) >= 11 is 6.32. The van der Waals surface area contributed by atoms with Gasteiger partial charge in [-0.15, -0.1) is 0 Å². The number of pyridine rings is 1. The highest BCUT2D eigenvalue weighted by Crippen LogP contribution is 2.27. The molecule has 8 nitrogen and oxygen atoms in total. The van der Waals surface area contributed by atoms with Crippen molar-refractivity contribution in [2.45, 2.75) is 33.4 Å². The molecule has 1 saturated heterocycles. The monoisotopic (exact) mass is 441 g/mol. The third kappa shape index (κ3) is 5.13. The number of halogens is 1. The van der Waals surface area contributed by atoms with Crippen molar-refractivity contribution < 1.29 is 14.7 Å². The molecule has 31 heavy (non-hydrogen) atoms. The summed E-state index contributed by atoms with van der Waals surface area (Å²) < 4.78 is 0. The number of amides is 2. The number of benzene rings is 1. The van der Waals surface area contributed by atoms with Crippen molar-refractivity contribution in [3.8, 4) is 6.07 Å². The van der Waals surface area contributed by atoms with Gasteiger partial charge in [-0.1, -0.05) is 11.6 Å². The highest BCUT2D eigenvalue weighted by atomic mass is 35.5. The number of nitrogens with one attached hydrogen (secondary N) is 1. The van der Waals surface area contributed by atoms with Gasteiger partial charge in [0.1, 0.15) is 11.8 Å². The third-order valence-corrected chi connectivity index (χ3v) is 5.74. The molecule has 3 rings (SSSR count). The van der Waals surface area contributed by atoms with Crippen molar-refractivity contribution in [1.29, 1.82) is 5.26 Å². The number of nitriles is 1. The Morgan fingerprint density at radius 2 is 2.06 bits per heavy atom. The molecule has 1 aromatic carbocycles. The largest absolute Gasteiger partial charge is 0.465 e. The molecule has 0 saturated carbocycles. The van der Waals surface area contributed by atoms with Crippen LogP contribution in [0.5, 0.6) is 0 Å². The maximum atomic E-state index is 12.7. The predicted molar refractivity (Wildman–Crippen MR) is 117 cm³/mol. The zero-order valence-corrected chi connectivity index (χ0v) is 18.4. The molecule has 0 unspecified atom stereocenters. The summed E-state index contributed by atoms with van der Waals surface area (Å²) in [6.45, 7) is 7.84. The number of carboxylic acid groups (broad SMARTS) is 1. The summed E-state index contributed by atoms with van der Waals surface area (Å²) in [4.78, 5) is 31.7. The van der Waals surface area contributed by atoms with Crippen LogP contribution in [0.3, 0.4) is 0 Å². The molecule has 0 bridgehead atoms. The fraction of sp³-hybridized carbons (Fsp3) is 0.364. The van der Waals surface area contributed by atoms with Crippen molar-refractivity contribution in [1.82, 2.24) is 14.8 Å². The van der Waals surface area contributed by atoms with Crippen LogP contribution in [0.15, 0.2) is 24.4 Å². The lowest BCUT2D eigenvalue weighted by atomic mass is 10.0. The normalized spacial score (nSPS) is 16.6. The third-order valence-electron chi connectivity index (χ3n) is 5.53. The molecule has 2 aromatic rings. The second-order valence-corrected chi connectivity index (χ2v) is 8.19. The maximum Gasteiger partial charge on any atom is 0.407 e. The minimum atomic E-state index is -0.899. The molecule has 1 aliphatic rings. The topological polar surface area (TPSA) is 110 Å².